The zero-order chi connectivity index (χ0) is 13.9. The molecule has 1 aromatic heterocycles. The van der Waals surface area contributed by atoms with Crippen molar-refractivity contribution >= 4 is 32.0 Å². The van der Waals surface area contributed by atoms with Crippen LogP contribution in [-0.4, -0.2) is 42.0 Å². The van der Waals surface area contributed by atoms with Crippen molar-refractivity contribution in [3.05, 3.63) is 22.8 Å². The molecule has 1 unspecified atom stereocenters. The summed E-state index contributed by atoms with van der Waals surface area (Å²) in [5, 5.41) is 9.27. The maximum absolute atomic E-state index is 12.3. The fraction of sp³-hybridized carbons (Fsp3) is 0.545. The van der Waals surface area contributed by atoms with E-state index in [4.69, 9.17) is 0 Å². The molecule has 1 saturated heterocycles. The molecule has 2 heterocycles. The number of halogens is 1. The molecule has 2 rings (SSSR count). The molecule has 8 heteroatoms. The SMILES string of the molecule is O=S(=O)(Nc1ccc(Br)cn1)N1CCCCC1CO. The molecule has 0 saturated carbocycles. The van der Waals surface area contributed by atoms with Crippen LogP contribution in [0.2, 0.25) is 0 Å². The highest BCUT2D eigenvalue weighted by molar-refractivity contribution is 9.10. The van der Waals surface area contributed by atoms with Gasteiger partial charge in [0.2, 0.25) is 0 Å². The van der Waals surface area contributed by atoms with E-state index < -0.39 is 10.2 Å². The highest BCUT2D eigenvalue weighted by Gasteiger charge is 2.31. The number of aliphatic hydroxyl groups excluding tert-OH is 1. The second-order valence-corrected chi connectivity index (χ2v) is 6.95. The van der Waals surface area contributed by atoms with Gasteiger partial charge < -0.3 is 5.11 Å². The predicted octanol–water partition coefficient (Wildman–Crippen LogP) is 1.35. The summed E-state index contributed by atoms with van der Waals surface area (Å²) in [6, 6.07) is 2.95. The van der Waals surface area contributed by atoms with Crippen molar-refractivity contribution in [1.29, 1.82) is 0 Å². The van der Waals surface area contributed by atoms with E-state index in [9.17, 15) is 13.5 Å². The largest absolute Gasteiger partial charge is 0.395 e. The van der Waals surface area contributed by atoms with Gasteiger partial charge in [-0.25, -0.2) is 4.98 Å². The third-order valence-corrected chi connectivity index (χ3v) is 5.09. The van der Waals surface area contributed by atoms with E-state index in [1.807, 2.05) is 0 Å². The van der Waals surface area contributed by atoms with E-state index in [0.29, 0.717) is 13.0 Å². The Morgan fingerprint density at radius 1 is 1.47 bits per heavy atom. The molecule has 2 N–H and O–H groups in total. The number of pyridine rings is 1. The summed E-state index contributed by atoms with van der Waals surface area (Å²) in [7, 11) is -3.66. The minimum absolute atomic E-state index is 0.158. The maximum atomic E-state index is 12.3. The van der Waals surface area contributed by atoms with Crippen LogP contribution < -0.4 is 4.72 Å². The third-order valence-electron chi connectivity index (χ3n) is 3.05. The average molecular weight is 350 g/mol. The number of aliphatic hydroxyl groups is 1. The molecule has 0 bridgehead atoms. The van der Waals surface area contributed by atoms with Crippen LogP contribution in [0.5, 0.6) is 0 Å². The average Bonchev–Trinajstić information content (AvgIpc) is 2.41. The Morgan fingerprint density at radius 3 is 2.89 bits per heavy atom. The van der Waals surface area contributed by atoms with Crippen LogP contribution in [0.25, 0.3) is 0 Å². The van der Waals surface area contributed by atoms with Gasteiger partial charge >= 0.3 is 10.2 Å². The minimum atomic E-state index is -3.66. The molecule has 0 amide bonds. The molecule has 0 spiro atoms. The number of piperidine rings is 1. The molecule has 1 aliphatic heterocycles. The van der Waals surface area contributed by atoms with E-state index in [2.05, 4.69) is 25.6 Å². The second kappa shape index (κ2) is 6.17. The Labute approximate surface area is 121 Å². The van der Waals surface area contributed by atoms with Crippen LogP contribution in [0, 0.1) is 0 Å². The molecule has 0 radical (unpaired) electrons. The lowest BCUT2D eigenvalue weighted by molar-refractivity contribution is 0.156. The normalized spacial score (nSPS) is 21.3. The van der Waals surface area contributed by atoms with E-state index in [1.54, 1.807) is 12.1 Å². The molecule has 1 fully saturated rings. The first-order valence-corrected chi connectivity index (χ1v) is 8.28. The van der Waals surface area contributed by atoms with E-state index >= 15 is 0 Å². The predicted molar refractivity (Wildman–Crippen MR) is 75.9 cm³/mol. The smallest absolute Gasteiger partial charge is 0.303 e. The Bertz CT molecular complexity index is 520. The Kier molecular flexibility index (Phi) is 4.77. The van der Waals surface area contributed by atoms with Gasteiger partial charge in [0.1, 0.15) is 5.82 Å². The van der Waals surface area contributed by atoms with Gasteiger partial charge in [0.25, 0.3) is 0 Å². The molecule has 106 valence electrons. The van der Waals surface area contributed by atoms with Crippen LogP contribution in [-0.2, 0) is 10.2 Å². The van der Waals surface area contributed by atoms with Gasteiger partial charge in [-0.15, -0.1) is 0 Å². The molecule has 0 aromatic carbocycles. The lowest BCUT2D eigenvalue weighted by atomic mass is 10.1. The summed E-state index contributed by atoms with van der Waals surface area (Å²) in [5.74, 6) is 0.269. The first-order valence-electron chi connectivity index (χ1n) is 6.05. The summed E-state index contributed by atoms with van der Waals surface area (Å²) < 4.78 is 29.1. The standard InChI is InChI=1S/C11H16BrN3O3S/c12-9-4-5-11(13-7-9)14-19(17,18)15-6-2-1-3-10(15)8-16/h4-5,7,10,16H,1-3,6,8H2,(H,13,14). The quantitative estimate of drug-likeness (QED) is 0.859. The van der Waals surface area contributed by atoms with Gasteiger partial charge in [0.15, 0.2) is 0 Å². The summed E-state index contributed by atoms with van der Waals surface area (Å²) in [4.78, 5) is 3.98. The fourth-order valence-corrected chi connectivity index (χ4v) is 3.77. The maximum Gasteiger partial charge on any atom is 0.303 e. The molecule has 1 aliphatic rings. The molecule has 1 atom stereocenters. The van der Waals surface area contributed by atoms with Crippen molar-refractivity contribution in [2.24, 2.45) is 0 Å². The first-order chi connectivity index (χ1) is 9.03. The molecule has 1 aromatic rings. The summed E-state index contributed by atoms with van der Waals surface area (Å²) in [6.07, 6.45) is 3.96. The van der Waals surface area contributed by atoms with Crippen molar-refractivity contribution in [2.45, 2.75) is 25.3 Å². The first kappa shape index (κ1) is 14.7. The van der Waals surface area contributed by atoms with E-state index in [1.165, 1.54) is 10.5 Å². The topological polar surface area (TPSA) is 82.5 Å². The van der Waals surface area contributed by atoms with Crippen molar-refractivity contribution in [3.63, 3.8) is 0 Å². The van der Waals surface area contributed by atoms with Crippen LogP contribution >= 0.6 is 15.9 Å². The number of nitrogens with one attached hydrogen (secondary N) is 1. The minimum Gasteiger partial charge on any atom is -0.395 e. The van der Waals surface area contributed by atoms with Crippen LogP contribution in [0.3, 0.4) is 0 Å². The Balaban J connectivity index is 2.14. The van der Waals surface area contributed by atoms with Gasteiger partial charge in [-0.05, 0) is 40.9 Å². The van der Waals surface area contributed by atoms with Crippen molar-refractivity contribution in [1.82, 2.24) is 9.29 Å². The van der Waals surface area contributed by atoms with Gasteiger partial charge in [-0.2, -0.15) is 12.7 Å². The molecule has 0 aliphatic carbocycles. The molecule has 19 heavy (non-hydrogen) atoms. The van der Waals surface area contributed by atoms with Gasteiger partial charge in [0, 0.05) is 23.3 Å². The monoisotopic (exact) mass is 349 g/mol. The highest BCUT2D eigenvalue weighted by Crippen LogP contribution is 2.21. The lowest BCUT2D eigenvalue weighted by Gasteiger charge is -2.33. The summed E-state index contributed by atoms with van der Waals surface area (Å²) >= 11 is 3.24. The lowest BCUT2D eigenvalue weighted by Crippen LogP contribution is -2.48. The summed E-state index contributed by atoms with van der Waals surface area (Å²) in [6.45, 7) is 0.270. The van der Waals surface area contributed by atoms with Crippen LogP contribution in [0.1, 0.15) is 19.3 Å². The zero-order valence-corrected chi connectivity index (χ0v) is 12.7. The number of hydrogen-bond acceptors (Lipinski definition) is 4. The van der Waals surface area contributed by atoms with Crippen LogP contribution in [0.4, 0.5) is 5.82 Å². The van der Waals surface area contributed by atoms with E-state index in [0.717, 1.165) is 17.3 Å². The van der Waals surface area contributed by atoms with Gasteiger partial charge in [0.05, 0.1) is 6.61 Å². The Morgan fingerprint density at radius 2 is 2.26 bits per heavy atom. The number of hydrogen-bond donors (Lipinski definition) is 2. The number of rotatable bonds is 4. The van der Waals surface area contributed by atoms with Crippen molar-refractivity contribution in [3.8, 4) is 0 Å². The molecule has 6 nitrogen and oxygen atoms in total. The van der Waals surface area contributed by atoms with Gasteiger partial charge in [-0.1, -0.05) is 6.42 Å². The van der Waals surface area contributed by atoms with E-state index in [-0.39, 0.29) is 18.5 Å². The van der Waals surface area contributed by atoms with Crippen molar-refractivity contribution < 1.29 is 13.5 Å². The number of aromatic nitrogens is 1. The number of anilines is 1. The van der Waals surface area contributed by atoms with Crippen molar-refractivity contribution in [2.75, 3.05) is 17.9 Å². The number of nitrogens with zero attached hydrogens (tertiary/aromatic N) is 2. The third kappa shape index (κ3) is 3.65. The zero-order valence-electron chi connectivity index (χ0n) is 10.3. The second-order valence-electron chi connectivity index (χ2n) is 4.41. The van der Waals surface area contributed by atoms with Crippen LogP contribution in [0.15, 0.2) is 22.8 Å². The van der Waals surface area contributed by atoms with Gasteiger partial charge in [-0.3, -0.25) is 4.72 Å². The Hall–Kier alpha value is -0.700. The fourth-order valence-electron chi connectivity index (χ4n) is 2.10. The molecular formula is C11H16BrN3O3S. The molecular weight excluding hydrogens is 334 g/mol. The highest BCUT2D eigenvalue weighted by atomic mass is 79.9. The summed E-state index contributed by atoms with van der Waals surface area (Å²) in [5.41, 5.74) is 0.